The van der Waals surface area contributed by atoms with Crippen molar-refractivity contribution in [3.05, 3.63) is 144 Å². The molecule has 1 saturated heterocycles. The highest BCUT2D eigenvalue weighted by atomic mass is 16.7. The van der Waals surface area contributed by atoms with Crippen molar-refractivity contribution in [2.24, 2.45) is 0 Å². The molecule has 1 N–H and O–H groups in total. The molecule has 4 aromatic rings. The number of hydrogen-bond donors (Lipinski definition) is 1. The molecule has 4 aromatic carbocycles. The van der Waals surface area contributed by atoms with E-state index in [2.05, 4.69) is 0 Å². The number of benzene rings is 4. The largest absolute Gasteiger partial charge is 0.374 e. The average molecular weight is 583 g/mol. The molecule has 0 spiro atoms. The molecule has 1 aliphatic rings. The van der Waals surface area contributed by atoms with E-state index in [1.165, 1.54) is 0 Å². The number of ether oxygens (including phenoxy) is 5. The van der Waals surface area contributed by atoms with Gasteiger partial charge >= 0.3 is 0 Å². The fourth-order valence-electron chi connectivity index (χ4n) is 5.65. The van der Waals surface area contributed by atoms with Crippen LogP contribution < -0.4 is 0 Å². The first-order valence-corrected chi connectivity index (χ1v) is 14.8. The van der Waals surface area contributed by atoms with Gasteiger partial charge < -0.3 is 28.8 Å². The quantitative estimate of drug-likeness (QED) is 0.186. The van der Waals surface area contributed by atoms with Crippen LogP contribution in [0.25, 0.3) is 0 Å². The topological polar surface area (TPSA) is 66.4 Å². The van der Waals surface area contributed by atoms with Gasteiger partial charge in [-0.3, -0.25) is 0 Å². The molecular formula is C37H42O6. The highest BCUT2D eigenvalue weighted by Gasteiger charge is 2.69. The average Bonchev–Trinajstić information content (AvgIpc) is 3.05. The van der Waals surface area contributed by atoms with Gasteiger partial charge in [-0.15, -0.1) is 0 Å². The SMILES string of the molecule is C[C@@]1(OCc2ccccc2)[C@](C)(OCc2ccccc2)[C@H](O)O[C@H](COCc2ccccc2)[C@@]1(C)OCc1ccccc1. The van der Waals surface area contributed by atoms with E-state index in [0.29, 0.717) is 13.2 Å². The number of hydrogen-bond acceptors (Lipinski definition) is 6. The summed E-state index contributed by atoms with van der Waals surface area (Å²) in [6, 6.07) is 39.8. The normalized spacial score (nSPS) is 27.2. The van der Waals surface area contributed by atoms with Crippen molar-refractivity contribution in [2.75, 3.05) is 6.61 Å². The van der Waals surface area contributed by atoms with E-state index in [9.17, 15) is 5.11 Å². The molecular weight excluding hydrogens is 540 g/mol. The maximum Gasteiger partial charge on any atom is 0.187 e. The Morgan fingerprint density at radius 3 is 1.35 bits per heavy atom. The lowest BCUT2D eigenvalue weighted by Crippen LogP contribution is -2.79. The smallest absolute Gasteiger partial charge is 0.187 e. The summed E-state index contributed by atoms with van der Waals surface area (Å²) in [4.78, 5) is 0. The first-order valence-electron chi connectivity index (χ1n) is 14.8. The standard InChI is InChI=1S/C37H42O6/c1-35(40-25-30-18-10-5-11-19-30)33(28-39-24-29-16-8-4-9-17-29)43-34(38)36(2,41-26-31-20-12-6-13-21-31)37(35,3)42-27-32-22-14-7-15-23-32/h4-23,33-34,38H,24-28H2,1-3H3/t33-,34-,35-,36-,37+/m1/s1. The van der Waals surface area contributed by atoms with Crippen molar-refractivity contribution in [1.29, 1.82) is 0 Å². The van der Waals surface area contributed by atoms with Gasteiger partial charge in [0.1, 0.15) is 22.9 Å². The van der Waals surface area contributed by atoms with E-state index in [4.69, 9.17) is 23.7 Å². The Balaban J connectivity index is 1.49. The van der Waals surface area contributed by atoms with Crippen molar-refractivity contribution in [3.8, 4) is 0 Å². The third-order valence-electron chi connectivity index (χ3n) is 8.79. The zero-order valence-electron chi connectivity index (χ0n) is 25.2. The molecule has 6 nitrogen and oxygen atoms in total. The summed E-state index contributed by atoms with van der Waals surface area (Å²) >= 11 is 0. The predicted molar refractivity (Wildman–Crippen MR) is 166 cm³/mol. The molecule has 43 heavy (non-hydrogen) atoms. The van der Waals surface area contributed by atoms with E-state index < -0.39 is 29.2 Å². The summed E-state index contributed by atoms with van der Waals surface area (Å²) in [6.45, 7) is 7.21. The van der Waals surface area contributed by atoms with Crippen LogP contribution in [-0.2, 0) is 50.1 Å². The van der Waals surface area contributed by atoms with Gasteiger partial charge in [-0.05, 0) is 43.0 Å². The van der Waals surface area contributed by atoms with E-state index in [-0.39, 0.29) is 19.8 Å². The molecule has 0 saturated carbocycles. The van der Waals surface area contributed by atoms with Crippen LogP contribution in [0, 0.1) is 0 Å². The zero-order valence-corrected chi connectivity index (χ0v) is 25.2. The van der Waals surface area contributed by atoms with E-state index in [1.54, 1.807) is 0 Å². The highest BCUT2D eigenvalue weighted by molar-refractivity contribution is 5.21. The summed E-state index contributed by atoms with van der Waals surface area (Å²) < 4.78 is 32.9. The van der Waals surface area contributed by atoms with Gasteiger partial charge in [-0.25, -0.2) is 0 Å². The molecule has 1 aliphatic heterocycles. The molecule has 0 amide bonds. The lowest BCUT2D eigenvalue weighted by atomic mass is 9.67. The van der Waals surface area contributed by atoms with E-state index in [1.807, 2.05) is 142 Å². The Morgan fingerprint density at radius 1 is 0.535 bits per heavy atom. The summed E-state index contributed by atoms with van der Waals surface area (Å²) in [5, 5.41) is 11.7. The van der Waals surface area contributed by atoms with Gasteiger partial charge in [0.15, 0.2) is 6.29 Å². The minimum absolute atomic E-state index is 0.177. The van der Waals surface area contributed by atoms with Crippen LogP contribution in [0.3, 0.4) is 0 Å². The molecule has 5 atom stereocenters. The third kappa shape index (κ3) is 6.91. The van der Waals surface area contributed by atoms with Gasteiger partial charge in [-0.2, -0.15) is 0 Å². The fourth-order valence-corrected chi connectivity index (χ4v) is 5.65. The number of rotatable bonds is 13. The first-order chi connectivity index (χ1) is 20.8. The number of aliphatic hydroxyl groups is 1. The Labute approximate surface area is 255 Å². The Bertz CT molecular complexity index is 1390. The lowest BCUT2D eigenvalue weighted by molar-refractivity contribution is -0.412. The van der Waals surface area contributed by atoms with Crippen LogP contribution in [0.2, 0.25) is 0 Å². The Morgan fingerprint density at radius 2 is 0.907 bits per heavy atom. The van der Waals surface area contributed by atoms with Crippen molar-refractivity contribution >= 4 is 0 Å². The molecule has 1 fully saturated rings. The van der Waals surface area contributed by atoms with Crippen molar-refractivity contribution in [1.82, 2.24) is 0 Å². The molecule has 0 unspecified atom stereocenters. The van der Waals surface area contributed by atoms with E-state index in [0.717, 1.165) is 22.3 Å². The molecule has 0 radical (unpaired) electrons. The molecule has 6 heteroatoms. The highest BCUT2D eigenvalue weighted by Crippen LogP contribution is 2.51. The molecule has 1 heterocycles. The predicted octanol–water partition coefficient (Wildman–Crippen LogP) is 6.85. The van der Waals surface area contributed by atoms with Crippen LogP contribution >= 0.6 is 0 Å². The second-order valence-electron chi connectivity index (χ2n) is 11.5. The summed E-state index contributed by atoms with van der Waals surface area (Å²) in [5.41, 5.74) is 0.399. The van der Waals surface area contributed by atoms with Gasteiger partial charge in [0.05, 0.1) is 33.0 Å². The second kappa shape index (κ2) is 14.0. The van der Waals surface area contributed by atoms with Crippen LogP contribution in [0.1, 0.15) is 43.0 Å². The summed E-state index contributed by atoms with van der Waals surface area (Å²) in [6.07, 6.45) is -2.00. The van der Waals surface area contributed by atoms with Gasteiger partial charge in [0.2, 0.25) is 0 Å². The Kier molecular flexibility index (Phi) is 10.1. The van der Waals surface area contributed by atoms with Crippen molar-refractivity contribution < 1.29 is 28.8 Å². The lowest BCUT2D eigenvalue weighted by Gasteiger charge is -2.61. The first kappa shape index (κ1) is 31.1. The van der Waals surface area contributed by atoms with Gasteiger partial charge in [-0.1, -0.05) is 121 Å². The molecule has 0 bridgehead atoms. The summed E-state index contributed by atoms with van der Waals surface area (Å²) in [7, 11) is 0. The van der Waals surface area contributed by atoms with Crippen LogP contribution in [0.5, 0.6) is 0 Å². The fraction of sp³-hybridized carbons (Fsp3) is 0.351. The molecule has 0 aliphatic carbocycles. The van der Waals surface area contributed by atoms with Gasteiger partial charge in [0.25, 0.3) is 0 Å². The van der Waals surface area contributed by atoms with Crippen LogP contribution in [0.15, 0.2) is 121 Å². The van der Waals surface area contributed by atoms with E-state index >= 15 is 0 Å². The summed E-state index contributed by atoms with van der Waals surface area (Å²) in [5.74, 6) is 0. The monoisotopic (exact) mass is 582 g/mol. The van der Waals surface area contributed by atoms with Crippen molar-refractivity contribution in [2.45, 2.75) is 76.4 Å². The minimum atomic E-state index is -1.32. The minimum Gasteiger partial charge on any atom is -0.374 e. The zero-order chi connectivity index (χ0) is 30.2. The Hall–Kier alpha value is -3.36. The third-order valence-corrected chi connectivity index (χ3v) is 8.79. The maximum absolute atomic E-state index is 11.7. The molecule has 5 rings (SSSR count). The second-order valence-corrected chi connectivity index (χ2v) is 11.5. The van der Waals surface area contributed by atoms with Crippen LogP contribution in [-0.4, -0.2) is 40.9 Å². The van der Waals surface area contributed by atoms with Crippen molar-refractivity contribution in [3.63, 3.8) is 0 Å². The van der Waals surface area contributed by atoms with Gasteiger partial charge in [0, 0.05) is 0 Å². The maximum atomic E-state index is 11.7. The number of aliphatic hydroxyl groups excluding tert-OH is 1. The molecule has 0 aromatic heterocycles. The van der Waals surface area contributed by atoms with Crippen LogP contribution in [0.4, 0.5) is 0 Å². The molecule has 226 valence electrons.